The van der Waals surface area contributed by atoms with Gasteiger partial charge in [-0.25, -0.2) is 9.78 Å². The lowest BCUT2D eigenvalue weighted by molar-refractivity contribution is 0.0665. The van der Waals surface area contributed by atoms with E-state index in [-0.39, 0.29) is 11.9 Å². The van der Waals surface area contributed by atoms with Crippen molar-refractivity contribution in [3.63, 3.8) is 0 Å². The van der Waals surface area contributed by atoms with Crippen LogP contribution in [-0.2, 0) is 6.42 Å². The van der Waals surface area contributed by atoms with Gasteiger partial charge in [-0.05, 0) is 24.6 Å². The normalized spacial score (nSPS) is 14.8. The number of H-pyrrole nitrogens is 1. The molecule has 134 valence electrons. The number of carbonyl (C=O) groups is 2. The largest absolute Gasteiger partial charge is 0.342 e. The monoisotopic (exact) mass is 343 g/mol. The number of carbonyl (C=O) groups excluding carboxylic acids is 2. The van der Waals surface area contributed by atoms with E-state index in [2.05, 4.69) is 15.3 Å². The molecular formula is C18H25N5O2. The van der Waals surface area contributed by atoms with Gasteiger partial charge in [0.25, 0.3) is 5.91 Å². The van der Waals surface area contributed by atoms with Gasteiger partial charge in [0.05, 0.1) is 11.0 Å². The lowest BCUT2D eigenvalue weighted by atomic mass is 10.1. The van der Waals surface area contributed by atoms with Gasteiger partial charge in [-0.2, -0.15) is 0 Å². The number of aromatic amines is 1. The quantitative estimate of drug-likeness (QED) is 0.891. The number of aryl methyl sites for hydroxylation is 1. The predicted octanol–water partition coefficient (Wildman–Crippen LogP) is 2.00. The van der Waals surface area contributed by atoms with Gasteiger partial charge in [-0.15, -0.1) is 0 Å². The zero-order valence-electron chi connectivity index (χ0n) is 14.8. The Morgan fingerprint density at radius 2 is 1.88 bits per heavy atom. The molecule has 1 aliphatic heterocycles. The minimum Gasteiger partial charge on any atom is -0.342 e. The zero-order chi connectivity index (χ0) is 17.8. The van der Waals surface area contributed by atoms with Crippen LogP contribution in [0.15, 0.2) is 18.2 Å². The molecule has 25 heavy (non-hydrogen) atoms. The molecule has 0 bridgehead atoms. The lowest BCUT2D eigenvalue weighted by Crippen LogP contribution is -2.53. The van der Waals surface area contributed by atoms with E-state index in [1.807, 2.05) is 36.9 Å². The Balaban J connectivity index is 1.63. The van der Waals surface area contributed by atoms with E-state index in [0.717, 1.165) is 29.7 Å². The number of rotatable bonds is 4. The summed E-state index contributed by atoms with van der Waals surface area (Å²) >= 11 is 0. The van der Waals surface area contributed by atoms with E-state index < -0.39 is 0 Å². The van der Waals surface area contributed by atoms with E-state index in [1.165, 1.54) is 0 Å². The summed E-state index contributed by atoms with van der Waals surface area (Å²) in [5.74, 6) is 0.925. The molecule has 1 aliphatic rings. The van der Waals surface area contributed by atoms with E-state index >= 15 is 0 Å². The van der Waals surface area contributed by atoms with E-state index in [1.54, 1.807) is 4.90 Å². The first-order valence-corrected chi connectivity index (χ1v) is 8.93. The van der Waals surface area contributed by atoms with Gasteiger partial charge in [-0.3, -0.25) is 4.79 Å². The van der Waals surface area contributed by atoms with Gasteiger partial charge < -0.3 is 20.1 Å². The molecule has 0 saturated carbocycles. The van der Waals surface area contributed by atoms with Crippen LogP contribution in [0.3, 0.4) is 0 Å². The Bertz CT molecular complexity index is 762. The highest BCUT2D eigenvalue weighted by Gasteiger charge is 2.24. The van der Waals surface area contributed by atoms with Crippen LogP contribution in [0.1, 0.15) is 36.5 Å². The van der Waals surface area contributed by atoms with Crippen LogP contribution >= 0.6 is 0 Å². The molecule has 1 aromatic heterocycles. The smallest absolute Gasteiger partial charge is 0.317 e. The number of aromatic nitrogens is 2. The van der Waals surface area contributed by atoms with Gasteiger partial charge >= 0.3 is 6.03 Å². The third kappa shape index (κ3) is 3.75. The summed E-state index contributed by atoms with van der Waals surface area (Å²) in [7, 11) is 0. The molecule has 7 heteroatoms. The van der Waals surface area contributed by atoms with Crippen LogP contribution in [0.4, 0.5) is 4.79 Å². The number of hydrogen-bond acceptors (Lipinski definition) is 3. The fourth-order valence-electron chi connectivity index (χ4n) is 3.00. The molecule has 1 saturated heterocycles. The highest BCUT2D eigenvalue weighted by Crippen LogP contribution is 2.16. The van der Waals surface area contributed by atoms with Gasteiger partial charge in [0.15, 0.2) is 0 Å². The molecule has 2 N–H and O–H groups in total. The number of amides is 3. The molecule has 2 heterocycles. The second-order valence-electron chi connectivity index (χ2n) is 6.28. The first-order valence-electron chi connectivity index (χ1n) is 8.93. The van der Waals surface area contributed by atoms with Crippen molar-refractivity contribution in [3.8, 4) is 0 Å². The molecule has 2 aromatic rings. The maximum absolute atomic E-state index is 12.7. The van der Waals surface area contributed by atoms with E-state index in [9.17, 15) is 9.59 Å². The average molecular weight is 343 g/mol. The zero-order valence-corrected chi connectivity index (χ0v) is 14.8. The second-order valence-corrected chi connectivity index (χ2v) is 6.28. The van der Waals surface area contributed by atoms with Crippen LogP contribution in [0.25, 0.3) is 11.0 Å². The number of urea groups is 1. The molecule has 0 aliphatic carbocycles. The highest BCUT2D eigenvalue weighted by atomic mass is 16.2. The number of nitrogens with zero attached hydrogens (tertiary/aromatic N) is 3. The SMILES string of the molecule is CCCNC(=O)N1CCN(C(=O)c2ccc3nc(CC)[nH]c3c2)CC1. The number of nitrogens with one attached hydrogen (secondary N) is 2. The summed E-state index contributed by atoms with van der Waals surface area (Å²) in [5, 5.41) is 2.88. The van der Waals surface area contributed by atoms with Crippen molar-refractivity contribution < 1.29 is 9.59 Å². The predicted molar refractivity (Wildman–Crippen MR) is 96.6 cm³/mol. The average Bonchev–Trinajstić information content (AvgIpc) is 3.08. The topological polar surface area (TPSA) is 81.3 Å². The van der Waals surface area contributed by atoms with Crippen molar-refractivity contribution >= 4 is 23.0 Å². The second kappa shape index (κ2) is 7.55. The maximum atomic E-state index is 12.7. The Hall–Kier alpha value is -2.57. The number of fused-ring (bicyclic) bond motifs is 1. The third-order valence-electron chi connectivity index (χ3n) is 4.49. The van der Waals surface area contributed by atoms with Crippen molar-refractivity contribution in [1.29, 1.82) is 0 Å². The third-order valence-corrected chi connectivity index (χ3v) is 4.49. The first kappa shape index (κ1) is 17.3. The van der Waals surface area contributed by atoms with Crippen LogP contribution in [0.2, 0.25) is 0 Å². The van der Waals surface area contributed by atoms with Gasteiger partial charge in [0.1, 0.15) is 5.82 Å². The molecule has 0 unspecified atom stereocenters. The fraction of sp³-hybridized carbons (Fsp3) is 0.500. The summed E-state index contributed by atoms with van der Waals surface area (Å²) < 4.78 is 0. The maximum Gasteiger partial charge on any atom is 0.317 e. The first-order chi connectivity index (χ1) is 12.1. The van der Waals surface area contributed by atoms with E-state index in [0.29, 0.717) is 38.3 Å². The molecule has 0 radical (unpaired) electrons. The van der Waals surface area contributed by atoms with Crippen molar-refractivity contribution in [3.05, 3.63) is 29.6 Å². The van der Waals surface area contributed by atoms with Crippen LogP contribution < -0.4 is 5.32 Å². The van der Waals surface area contributed by atoms with Gasteiger partial charge in [-0.1, -0.05) is 13.8 Å². The summed E-state index contributed by atoms with van der Waals surface area (Å²) in [6, 6.07) is 5.53. The Labute approximate surface area is 147 Å². The van der Waals surface area contributed by atoms with Gasteiger partial charge in [0.2, 0.25) is 0 Å². The molecule has 0 atom stereocenters. The molecule has 3 rings (SSSR count). The van der Waals surface area contributed by atoms with Crippen molar-refractivity contribution in [2.45, 2.75) is 26.7 Å². The number of imidazole rings is 1. The molecular weight excluding hydrogens is 318 g/mol. The standard InChI is InChI=1S/C18H25N5O2/c1-3-7-19-18(25)23-10-8-22(9-11-23)17(24)13-5-6-14-15(12-13)21-16(4-2)20-14/h5-6,12H,3-4,7-11H2,1-2H3,(H,19,25)(H,20,21). The van der Waals surface area contributed by atoms with Crippen molar-refractivity contribution in [2.75, 3.05) is 32.7 Å². The number of piperazine rings is 1. The lowest BCUT2D eigenvalue weighted by Gasteiger charge is -2.34. The highest BCUT2D eigenvalue weighted by molar-refractivity contribution is 5.97. The Morgan fingerprint density at radius 3 is 2.56 bits per heavy atom. The molecule has 3 amide bonds. The van der Waals surface area contributed by atoms with E-state index in [4.69, 9.17) is 0 Å². The van der Waals surface area contributed by atoms with Crippen molar-refractivity contribution in [1.82, 2.24) is 25.1 Å². The Kier molecular flexibility index (Phi) is 5.21. The Morgan fingerprint density at radius 1 is 1.16 bits per heavy atom. The minimum absolute atomic E-state index is 0.00293. The molecule has 1 aromatic carbocycles. The summed E-state index contributed by atoms with van der Waals surface area (Å²) in [6.07, 6.45) is 1.75. The van der Waals surface area contributed by atoms with Crippen LogP contribution in [-0.4, -0.2) is 64.4 Å². The van der Waals surface area contributed by atoms with Crippen LogP contribution in [0, 0.1) is 0 Å². The number of benzene rings is 1. The minimum atomic E-state index is -0.0417. The van der Waals surface area contributed by atoms with Gasteiger partial charge in [0, 0.05) is 44.7 Å². The molecule has 0 spiro atoms. The molecule has 7 nitrogen and oxygen atoms in total. The summed E-state index contributed by atoms with van der Waals surface area (Å²) in [6.45, 7) is 6.99. The fourth-order valence-corrected chi connectivity index (χ4v) is 3.00. The number of hydrogen-bond donors (Lipinski definition) is 2. The summed E-state index contributed by atoms with van der Waals surface area (Å²) in [4.78, 5) is 36.0. The van der Waals surface area contributed by atoms with Crippen molar-refractivity contribution in [2.24, 2.45) is 0 Å². The molecule has 1 fully saturated rings. The van der Waals surface area contributed by atoms with Crippen LogP contribution in [0.5, 0.6) is 0 Å². The summed E-state index contributed by atoms with van der Waals surface area (Å²) in [5.41, 5.74) is 2.42.